The van der Waals surface area contributed by atoms with E-state index in [0.717, 1.165) is 15.6 Å². The molecule has 0 unspecified atom stereocenters. The number of Topliss-reactive ketones (excluding diaryl/α,β-unsaturated/α-hetero) is 1. The minimum absolute atomic E-state index is 0.0159. The zero-order chi connectivity index (χ0) is 21.9. The van der Waals surface area contributed by atoms with Crippen molar-refractivity contribution in [1.82, 2.24) is 15.5 Å². The normalized spacial score (nSPS) is 19.2. The number of hydroxylamine groups is 1. The van der Waals surface area contributed by atoms with Crippen LogP contribution in [0.1, 0.15) is 35.2 Å². The third kappa shape index (κ3) is 5.54. The third-order valence-electron chi connectivity index (χ3n) is 4.55. The number of fused-ring (bicyclic) bond motifs is 1. The number of hydrogen-bond donors (Lipinski definition) is 1. The van der Waals surface area contributed by atoms with E-state index in [0.29, 0.717) is 18.4 Å². The van der Waals surface area contributed by atoms with Gasteiger partial charge in [0.1, 0.15) is 12.6 Å². The second kappa shape index (κ2) is 9.38. The van der Waals surface area contributed by atoms with Crippen LogP contribution < -0.4 is 5.43 Å². The number of ketones is 1. The first-order valence-electron chi connectivity index (χ1n) is 9.09. The molecule has 0 bridgehead atoms. The highest BCUT2D eigenvalue weighted by Gasteiger charge is 2.38. The van der Waals surface area contributed by atoms with Crippen LogP contribution in [0.15, 0.2) is 24.3 Å². The van der Waals surface area contributed by atoms with Crippen molar-refractivity contribution in [3.8, 4) is 0 Å². The Morgan fingerprint density at radius 3 is 2.67 bits per heavy atom. The summed E-state index contributed by atoms with van der Waals surface area (Å²) in [4.78, 5) is 55.5. The number of amides is 3. The molecule has 0 spiro atoms. The van der Waals surface area contributed by atoms with Gasteiger partial charge in [-0.2, -0.15) is 0 Å². The maximum atomic E-state index is 13.1. The Morgan fingerprint density at radius 2 is 2.00 bits per heavy atom. The van der Waals surface area contributed by atoms with Gasteiger partial charge in [-0.1, -0.05) is 59.1 Å². The van der Waals surface area contributed by atoms with E-state index in [1.54, 1.807) is 12.1 Å². The summed E-state index contributed by atoms with van der Waals surface area (Å²) in [7, 11) is 0. The van der Waals surface area contributed by atoms with Crippen molar-refractivity contribution in [3.05, 3.63) is 35.4 Å². The first-order valence-corrected chi connectivity index (χ1v) is 10.2. The highest BCUT2D eigenvalue weighted by Crippen LogP contribution is 2.31. The molecule has 1 heterocycles. The van der Waals surface area contributed by atoms with E-state index < -0.39 is 34.3 Å². The van der Waals surface area contributed by atoms with Gasteiger partial charge in [0.2, 0.25) is 3.79 Å². The number of cyclic esters (lactones) is 1. The molecule has 1 aromatic carbocycles. The smallest absolute Gasteiger partial charge is 0.418 e. The number of rotatable bonds is 4. The molecule has 0 aromatic heterocycles. The lowest BCUT2D eigenvalue weighted by atomic mass is 10.0. The van der Waals surface area contributed by atoms with Crippen molar-refractivity contribution in [3.63, 3.8) is 0 Å². The lowest BCUT2D eigenvalue weighted by molar-refractivity contribution is -0.210. The van der Waals surface area contributed by atoms with Crippen molar-refractivity contribution in [2.24, 2.45) is 0 Å². The molecule has 1 aliphatic heterocycles. The van der Waals surface area contributed by atoms with E-state index in [4.69, 9.17) is 44.4 Å². The number of urea groups is 1. The second-order valence-corrected chi connectivity index (χ2v) is 9.21. The summed E-state index contributed by atoms with van der Waals surface area (Å²) in [6.45, 7) is 0.0527. The van der Waals surface area contributed by atoms with Crippen LogP contribution in [0.2, 0.25) is 0 Å². The zero-order valence-corrected chi connectivity index (χ0v) is 17.9. The average molecular weight is 479 g/mol. The summed E-state index contributed by atoms with van der Waals surface area (Å²) in [5.41, 5.74) is 3.60. The van der Waals surface area contributed by atoms with Crippen LogP contribution in [0.3, 0.4) is 0 Å². The van der Waals surface area contributed by atoms with Crippen molar-refractivity contribution in [1.29, 1.82) is 0 Å². The molecule has 3 amide bonds. The fourth-order valence-electron chi connectivity index (χ4n) is 3.20. The van der Waals surface area contributed by atoms with Crippen molar-refractivity contribution >= 4 is 58.7 Å². The molecular weight excluding hydrogens is 461 g/mol. The van der Waals surface area contributed by atoms with Gasteiger partial charge in [-0.3, -0.25) is 9.59 Å². The van der Waals surface area contributed by atoms with Crippen molar-refractivity contribution in [2.75, 3.05) is 13.2 Å². The van der Waals surface area contributed by atoms with E-state index in [9.17, 15) is 19.2 Å². The fraction of sp³-hybridized carbons (Fsp3) is 0.444. The van der Waals surface area contributed by atoms with E-state index in [1.165, 1.54) is 0 Å². The van der Waals surface area contributed by atoms with Crippen LogP contribution in [-0.2, 0) is 20.8 Å². The van der Waals surface area contributed by atoms with Crippen LogP contribution in [0, 0.1) is 0 Å². The van der Waals surface area contributed by atoms with Crippen LogP contribution in [0.4, 0.5) is 9.59 Å². The Bertz CT molecular complexity index is 860. The molecule has 1 atom stereocenters. The maximum Gasteiger partial charge on any atom is 0.418 e. The van der Waals surface area contributed by atoms with Gasteiger partial charge in [0.25, 0.3) is 0 Å². The third-order valence-corrected chi connectivity index (χ3v) is 4.95. The number of carbonyl (C=O) groups excluding carboxylic acids is 4. The number of aryl methyl sites for hydroxylation is 1. The number of imide groups is 1. The van der Waals surface area contributed by atoms with Gasteiger partial charge in [-0.15, -0.1) is 0 Å². The highest BCUT2D eigenvalue weighted by molar-refractivity contribution is 6.68. The van der Waals surface area contributed by atoms with Crippen LogP contribution in [0.25, 0.3) is 0 Å². The van der Waals surface area contributed by atoms with Gasteiger partial charge in [0.05, 0.1) is 13.0 Å². The second-order valence-electron chi connectivity index (χ2n) is 6.69. The summed E-state index contributed by atoms with van der Waals surface area (Å²) in [6, 6.07) is 5.10. The van der Waals surface area contributed by atoms with Gasteiger partial charge in [-0.25, -0.2) is 19.9 Å². The predicted molar refractivity (Wildman–Crippen MR) is 107 cm³/mol. The molecule has 1 fully saturated rings. The zero-order valence-electron chi connectivity index (χ0n) is 15.6. The number of carbonyl (C=O) groups is 4. The number of nitrogens with zero attached hydrogens (tertiary/aromatic N) is 2. The average Bonchev–Trinajstić information content (AvgIpc) is 3.01. The number of hydrogen-bond acceptors (Lipinski definition) is 7. The Balaban J connectivity index is 1.84. The number of halogens is 3. The molecule has 0 saturated carbocycles. The minimum Gasteiger partial charge on any atom is -0.447 e. The first-order chi connectivity index (χ1) is 14.2. The molecule has 1 aromatic rings. The Hall–Kier alpha value is -2.07. The number of hydrazine groups is 1. The Kier molecular flexibility index (Phi) is 7.07. The molecule has 3 rings (SSSR count). The van der Waals surface area contributed by atoms with Crippen molar-refractivity contribution < 1.29 is 28.8 Å². The van der Waals surface area contributed by atoms with Gasteiger partial charge in [-0.05, 0) is 30.0 Å². The van der Waals surface area contributed by atoms with E-state index in [1.807, 2.05) is 12.1 Å². The van der Waals surface area contributed by atoms with E-state index in [-0.39, 0.29) is 25.4 Å². The number of benzene rings is 1. The molecule has 1 N–H and O–H groups in total. The largest absolute Gasteiger partial charge is 0.447 e. The minimum atomic E-state index is -1.93. The van der Waals surface area contributed by atoms with E-state index in [2.05, 4.69) is 5.43 Å². The lowest BCUT2D eigenvalue weighted by Gasteiger charge is -2.29. The van der Waals surface area contributed by atoms with Crippen molar-refractivity contribution in [2.45, 2.75) is 35.5 Å². The molecule has 12 heteroatoms. The lowest BCUT2D eigenvalue weighted by Crippen LogP contribution is -2.56. The van der Waals surface area contributed by atoms with Crippen LogP contribution >= 0.6 is 34.8 Å². The molecule has 2 aliphatic rings. The number of nitrogens with one attached hydrogen (secondary N) is 1. The first kappa shape index (κ1) is 22.6. The SMILES string of the molecule is O=C(CC(Cl)(Cl)Cl)ON(NC(=O)N1CCOC1=O)[C@H]1CCCc2ccccc2C1=O. The maximum absolute atomic E-state index is 13.1. The highest BCUT2D eigenvalue weighted by atomic mass is 35.6. The molecule has 9 nitrogen and oxygen atoms in total. The van der Waals surface area contributed by atoms with Gasteiger partial charge >= 0.3 is 18.1 Å². The fourth-order valence-corrected chi connectivity index (χ4v) is 3.53. The van der Waals surface area contributed by atoms with Gasteiger partial charge < -0.3 is 9.57 Å². The molecule has 162 valence electrons. The van der Waals surface area contributed by atoms with Gasteiger partial charge in [0.15, 0.2) is 5.78 Å². The molecule has 0 radical (unpaired) electrons. The van der Waals surface area contributed by atoms with E-state index >= 15 is 0 Å². The summed E-state index contributed by atoms with van der Waals surface area (Å²) < 4.78 is 2.80. The summed E-state index contributed by atoms with van der Waals surface area (Å²) in [5, 5.41) is 0.733. The Labute approximate surface area is 187 Å². The predicted octanol–water partition coefficient (Wildman–Crippen LogP) is 3.17. The molecule has 1 aliphatic carbocycles. The van der Waals surface area contributed by atoms with Crippen LogP contribution in [-0.4, -0.2) is 56.9 Å². The molecular formula is C18H18Cl3N3O6. The summed E-state index contributed by atoms with van der Waals surface area (Å²) >= 11 is 16.9. The number of ether oxygens (including phenoxy) is 1. The monoisotopic (exact) mass is 477 g/mol. The number of alkyl halides is 3. The standard InChI is InChI=1S/C18H18Cl3N3O6/c19-18(20,21)10-14(25)30-24(22-16(27)23-8-9-29-17(23)28)13-7-3-5-11-4-1-2-6-12(11)15(13)26/h1-2,4,6,13H,3,5,7-10H2,(H,22,27)/t13-/m0/s1. The topological polar surface area (TPSA) is 105 Å². The Morgan fingerprint density at radius 1 is 1.27 bits per heavy atom. The summed E-state index contributed by atoms with van der Waals surface area (Å²) in [5.74, 6) is -1.33. The quantitative estimate of drug-likeness (QED) is 0.402. The molecule has 1 saturated heterocycles. The van der Waals surface area contributed by atoms with Crippen LogP contribution in [0.5, 0.6) is 0 Å². The summed E-state index contributed by atoms with van der Waals surface area (Å²) in [6.07, 6.45) is 0.0403. The molecule has 30 heavy (non-hydrogen) atoms. The van der Waals surface area contributed by atoms with Gasteiger partial charge in [0, 0.05) is 5.56 Å².